The molecule has 0 aromatic carbocycles. The Kier molecular flexibility index (Phi) is 5.30. The molecule has 2 saturated carbocycles. The Bertz CT molecular complexity index is 205. The largest absolute Gasteiger partial charge is 0.313 e. The van der Waals surface area contributed by atoms with Crippen LogP contribution in [0.4, 0.5) is 0 Å². The van der Waals surface area contributed by atoms with Gasteiger partial charge in [0.25, 0.3) is 0 Å². The Morgan fingerprint density at radius 1 is 1.06 bits per heavy atom. The van der Waals surface area contributed by atoms with E-state index < -0.39 is 0 Å². The molecule has 1 N–H and O–H groups in total. The minimum Gasteiger partial charge on any atom is -0.313 e. The van der Waals surface area contributed by atoms with Gasteiger partial charge in [-0.15, -0.1) is 0 Å². The molecule has 0 bridgehead atoms. The summed E-state index contributed by atoms with van der Waals surface area (Å²) in [6, 6.07) is 1.74. The first-order valence-corrected chi connectivity index (χ1v) is 7.73. The average molecular weight is 238 g/mol. The third-order valence-electron chi connectivity index (χ3n) is 4.10. The molecule has 2 nitrogen and oxygen atoms in total. The summed E-state index contributed by atoms with van der Waals surface area (Å²) in [5.41, 5.74) is 0. The van der Waals surface area contributed by atoms with Crippen LogP contribution in [-0.4, -0.2) is 36.6 Å². The Morgan fingerprint density at radius 3 is 2.35 bits per heavy atom. The molecule has 0 atom stereocenters. The molecule has 2 heteroatoms. The van der Waals surface area contributed by atoms with Crippen molar-refractivity contribution in [3.63, 3.8) is 0 Å². The monoisotopic (exact) mass is 238 g/mol. The van der Waals surface area contributed by atoms with Gasteiger partial charge in [-0.05, 0) is 31.6 Å². The highest BCUT2D eigenvalue weighted by Gasteiger charge is 2.28. The highest BCUT2D eigenvalue weighted by molar-refractivity contribution is 4.85. The Labute approximate surface area is 107 Å². The van der Waals surface area contributed by atoms with Crippen LogP contribution in [0.3, 0.4) is 0 Å². The summed E-state index contributed by atoms with van der Waals surface area (Å²) in [7, 11) is 0. The van der Waals surface area contributed by atoms with E-state index in [4.69, 9.17) is 0 Å². The lowest BCUT2D eigenvalue weighted by atomic mass is 9.95. The molecule has 2 aliphatic rings. The Hall–Kier alpha value is -0.0800. The van der Waals surface area contributed by atoms with E-state index >= 15 is 0 Å². The normalized spacial score (nSPS) is 22.6. The van der Waals surface area contributed by atoms with E-state index in [0.717, 1.165) is 18.0 Å². The van der Waals surface area contributed by atoms with Crippen molar-refractivity contribution in [1.29, 1.82) is 0 Å². The van der Waals surface area contributed by atoms with E-state index in [1.54, 1.807) is 0 Å². The molecule has 0 unspecified atom stereocenters. The van der Waals surface area contributed by atoms with Gasteiger partial charge in [-0.25, -0.2) is 0 Å². The first-order valence-electron chi connectivity index (χ1n) is 7.73. The maximum absolute atomic E-state index is 3.77. The quantitative estimate of drug-likeness (QED) is 0.733. The van der Waals surface area contributed by atoms with Gasteiger partial charge in [0.2, 0.25) is 0 Å². The van der Waals surface area contributed by atoms with Crippen LogP contribution in [0.15, 0.2) is 0 Å². The van der Waals surface area contributed by atoms with Gasteiger partial charge in [-0.3, -0.25) is 4.90 Å². The van der Waals surface area contributed by atoms with Crippen LogP contribution >= 0.6 is 0 Å². The van der Waals surface area contributed by atoms with Crippen LogP contribution < -0.4 is 5.32 Å². The van der Waals surface area contributed by atoms with E-state index in [-0.39, 0.29) is 0 Å². The molecular formula is C15H30N2. The smallest absolute Gasteiger partial charge is 0.0110 e. The van der Waals surface area contributed by atoms with Crippen molar-refractivity contribution < 1.29 is 0 Å². The third-order valence-corrected chi connectivity index (χ3v) is 4.10. The predicted molar refractivity (Wildman–Crippen MR) is 74.3 cm³/mol. The second-order valence-electron chi connectivity index (χ2n) is 6.41. The van der Waals surface area contributed by atoms with Crippen LogP contribution in [0, 0.1) is 5.92 Å². The minimum absolute atomic E-state index is 0.810. The summed E-state index contributed by atoms with van der Waals surface area (Å²) >= 11 is 0. The summed E-state index contributed by atoms with van der Waals surface area (Å²) in [5, 5.41) is 3.77. The van der Waals surface area contributed by atoms with Crippen molar-refractivity contribution in [2.24, 2.45) is 5.92 Å². The SMILES string of the molecule is CC(C)CN(CCNC1CCCCC1)C1CC1. The Morgan fingerprint density at radius 2 is 1.76 bits per heavy atom. The van der Waals surface area contributed by atoms with Gasteiger partial charge in [0.1, 0.15) is 0 Å². The lowest BCUT2D eigenvalue weighted by Gasteiger charge is -2.27. The molecule has 0 radical (unpaired) electrons. The molecule has 0 spiro atoms. The van der Waals surface area contributed by atoms with Crippen LogP contribution in [0.2, 0.25) is 0 Å². The average Bonchev–Trinajstić information content (AvgIpc) is 3.12. The van der Waals surface area contributed by atoms with Gasteiger partial charge < -0.3 is 5.32 Å². The number of nitrogens with zero attached hydrogens (tertiary/aromatic N) is 1. The van der Waals surface area contributed by atoms with Crippen molar-refractivity contribution >= 4 is 0 Å². The summed E-state index contributed by atoms with van der Waals surface area (Å²) < 4.78 is 0. The van der Waals surface area contributed by atoms with Gasteiger partial charge in [-0.1, -0.05) is 33.1 Å². The highest BCUT2D eigenvalue weighted by Crippen LogP contribution is 2.27. The fourth-order valence-corrected chi connectivity index (χ4v) is 3.05. The predicted octanol–water partition coefficient (Wildman–Crippen LogP) is 3.03. The third kappa shape index (κ3) is 4.97. The van der Waals surface area contributed by atoms with Gasteiger partial charge in [0.15, 0.2) is 0 Å². The molecule has 0 heterocycles. The van der Waals surface area contributed by atoms with Crippen molar-refractivity contribution in [3.8, 4) is 0 Å². The van der Waals surface area contributed by atoms with Crippen LogP contribution in [0.25, 0.3) is 0 Å². The lowest BCUT2D eigenvalue weighted by Crippen LogP contribution is -2.40. The minimum atomic E-state index is 0.810. The molecule has 100 valence electrons. The van der Waals surface area contributed by atoms with E-state index in [0.29, 0.717) is 0 Å². The standard InChI is InChI=1S/C15H30N2/c1-13(2)12-17(15-8-9-15)11-10-16-14-6-4-3-5-7-14/h13-16H,3-12H2,1-2H3. The number of hydrogen-bond acceptors (Lipinski definition) is 2. The van der Waals surface area contributed by atoms with Crippen LogP contribution in [0.1, 0.15) is 58.8 Å². The zero-order chi connectivity index (χ0) is 12.1. The van der Waals surface area contributed by atoms with Crippen LogP contribution in [-0.2, 0) is 0 Å². The fourth-order valence-electron chi connectivity index (χ4n) is 3.05. The second kappa shape index (κ2) is 6.75. The van der Waals surface area contributed by atoms with Crippen molar-refractivity contribution in [2.75, 3.05) is 19.6 Å². The van der Waals surface area contributed by atoms with Crippen molar-refractivity contribution in [2.45, 2.75) is 70.9 Å². The van der Waals surface area contributed by atoms with E-state index in [1.807, 2.05) is 0 Å². The number of hydrogen-bond donors (Lipinski definition) is 1. The molecule has 0 aromatic heterocycles. The zero-order valence-electron chi connectivity index (χ0n) is 11.8. The van der Waals surface area contributed by atoms with E-state index in [2.05, 4.69) is 24.1 Å². The van der Waals surface area contributed by atoms with Gasteiger partial charge in [0, 0.05) is 31.7 Å². The molecule has 0 saturated heterocycles. The Balaban J connectivity index is 1.61. The second-order valence-corrected chi connectivity index (χ2v) is 6.41. The maximum Gasteiger partial charge on any atom is 0.0110 e. The molecule has 0 amide bonds. The first kappa shape index (κ1) is 13.4. The summed E-state index contributed by atoms with van der Waals surface area (Å²) in [4.78, 5) is 2.71. The summed E-state index contributed by atoms with van der Waals surface area (Å²) in [6.45, 7) is 8.43. The van der Waals surface area contributed by atoms with Crippen molar-refractivity contribution in [1.82, 2.24) is 10.2 Å². The van der Waals surface area contributed by atoms with Gasteiger partial charge >= 0.3 is 0 Å². The number of rotatable bonds is 7. The lowest BCUT2D eigenvalue weighted by molar-refractivity contribution is 0.227. The van der Waals surface area contributed by atoms with E-state index in [9.17, 15) is 0 Å². The summed E-state index contributed by atoms with van der Waals surface area (Å²) in [5.74, 6) is 0.810. The molecule has 2 rings (SSSR count). The summed E-state index contributed by atoms with van der Waals surface area (Å²) in [6.07, 6.45) is 10.0. The topological polar surface area (TPSA) is 15.3 Å². The van der Waals surface area contributed by atoms with Crippen molar-refractivity contribution in [3.05, 3.63) is 0 Å². The molecule has 2 fully saturated rings. The highest BCUT2D eigenvalue weighted by atomic mass is 15.2. The molecule has 0 aromatic rings. The van der Waals surface area contributed by atoms with Gasteiger partial charge in [-0.2, -0.15) is 0 Å². The van der Waals surface area contributed by atoms with Gasteiger partial charge in [0.05, 0.1) is 0 Å². The molecule has 0 aliphatic heterocycles. The first-order chi connectivity index (χ1) is 8.25. The van der Waals surface area contributed by atoms with Crippen LogP contribution in [0.5, 0.6) is 0 Å². The maximum atomic E-state index is 3.77. The molecule has 17 heavy (non-hydrogen) atoms. The fraction of sp³-hybridized carbons (Fsp3) is 1.00. The molecule has 2 aliphatic carbocycles. The number of nitrogens with one attached hydrogen (secondary N) is 1. The zero-order valence-corrected chi connectivity index (χ0v) is 11.8. The molecular weight excluding hydrogens is 208 g/mol. The van der Waals surface area contributed by atoms with E-state index in [1.165, 1.54) is 64.6 Å².